The minimum atomic E-state index is -0.0940. The molecule has 1 aromatic heterocycles. The molecular formula is C15H19N3OS. The Morgan fingerprint density at radius 3 is 2.90 bits per heavy atom. The van der Waals surface area contributed by atoms with E-state index >= 15 is 0 Å². The van der Waals surface area contributed by atoms with Gasteiger partial charge < -0.3 is 10.3 Å². The van der Waals surface area contributed by atoms with Crippen LogP contribution in [-0.4, -0.2) is 15.9 Å². The molecule has 20 heavy (non-hydrogen) atoms. The predicted molar refractivity (Wildman–Crippen MR) is 80.4 cm³/mol. The highest BCUT2D eigenvalue weighted by Crippen LogP contribution is 2.36. The molecule has 1 aliphatic rings. The molecule has 0 amide bonds. The fourth-order valence-electron chi connectivity index (χ4n) is 2.43. The van der Waals surface area contributed by atoms with Crippen LogP contribution < -0.4 is 5.73 Å². The van der Waals surface area contributed by atoms with Gasteiger partial charge in [-0.1, -0.05) is 41.9 Å². The second-order valence-electron chi connectivity index (χ2n) is 5.12. The van der Waals surface area contributed by atoms with Gasteiger partial charge in [-0.3, -0.25) is 0 Å². The molecule has 2 atom stereocenters. The third kappa shape index (κ3) is 3.22. The zero-order valence-corrected chi connectivity index (χ0v) is 12.2. The van der Waals surface area contributed by atoms with Crippen LogP contribution in [0.1, 0.15) is 47.8 Å². The van der Waals surface area contributed by atoms with Crippen LogP contribution in [0.15, 0.2) is 34.9 Å². The fourth-order valence-corrected chi connectivity index (χ4v) is 3.67. The van der Waals surface area contributed by atoms with Crippen molar-refractivity contribution < 1.29 is 4.52 Å². The van der Waals surface area contributed by atoms with Crippen molar-refractivity contribution in [3.05, 3.63) is 47.6 Å². The third-order valence-electron chi connectivity index (χ3n) is 3.57. The van der Waals surface area contributed by atoms with Crippen molar-refractivity contribution in [3.8, 4) is 0 Å². The molecule has 106 valence electrons. The molecule has 2 N–H and O–H groups in total. The molecule has 1 saturated heterocycles. The molecule has 1 aromatic carbocycles. The van der Waals surface area contributed by atoms with E-state index in [0.717, 1.165) is 17.8 Å². The Hall–Kier alpha value is -1.33. The maximum atomic E-state index is 6.18. The van der Waals surface area contributed by atoms with Crippen LogP contribution in [0.3, 0.4) is 0 Å². The molecule has 1 aliphatic heterocycles. The number of rotatable bonds is 4. The summed E-state index contributed by atoms with van der Waals surface area (Å²) in [5.74, 6) is 2.67. The monoisotopic (exact) mass is 289 g/mol. The van der Waals surface area contributed by atoms with Crippen LogP contribution in [0, 0.1) is 0 Å². The van der Waals surface area contributed by atoms with Crippen LogP contribution >= 0.6 is 11.8 Å². The van der Waals surface area contributed by atoms with Crippen molar-refractivity contribution in [2.24, 2.45) is 5.73 Å². The molecule has 4 nitrogen and oxygen atoms in total. The highest BCUT2D eigenvalue weighted by Gasteiger charge is 2.22. The molecule has 1 fully saturated rings. The largest absolute Gasteiger partial charge is 0.339 e. The van der Waals surface area contributed by atoms with Gasteiger partial charge in [0.25, 0.3) is 0 Å². The summed E-state index contributed by atoms with van der Waals surface area (Å²) < 4.78 is 5.36. The molecule has 0 bridgehead atoms. The van der Waals surface area contributed by atoms with E-state index in [4.69, 9.17) is 10.3 Å². The van der Waals surface area contributed by atoms with Gasteiger partial charge >= 0.3 is 0 Å². The smallest absolute Gasteiger partial charge is 0.228 e. The molecular weight excluding hydrogens is 270 g/mol. The van der Waals surface area contributed by atoms with E-state index in [1.54, 1.807) is 0 Å². The summed E-state index contributed by atoms with van der Waals surface area (Å²) in [6.07, 6.45) is 4.29. The number of aromatic nitrogens is 2. The van der Waals surface area contributed by atoms with Crippen molar-refractivity contribution in [3.63, 3.8) is 0 Å². The van der Waals surface area contributed by atoms with Gasteiger partial charge in [0.05, 0.1) is 5.25 Å². The highest BCUT2D eigenvalue weighted by atomic mass is 32.2. The van der Waals surface area contributed by atoms with E-state index in [9.17, 15) is 0 Å². The minimum absolute atomic E-state index is 0.0940. The van der Waals surface area contributed by atoms with E-state index in [1.807, 2.05) is 42.1 Å². The Morgan fingerprint density at radius 1 is 1.30 bits per heavy atom. The van der Waals surface area contributed by atoms with Crippen LogP contribution in [0.25, 0.3) is 0 Å². The summed E-state index contributed by atoms with van der Waals surface area (Å²) in [4.78, 5) is 4.52. The quantitative estimate of drug-likeness (QED) is 0.935. The Balaban J connectivity index is 1.65. The van der Waals surface area contributed by atoms with Crippen molar-refractivity contribution in [1.29, 1.82) is 0 Å². The molecule has 2 unspecified atom stereocenters. The molecule has 0 aliphatic carbocycles. The van der Waals surface area contributed by atoms with E-state index in [2.05, 4.69) is 10.1 Å². The Labute approximate surface area is 123 Å². The van der Waals surface area contributed by atoms with Crippen LogP contribution in [0.5, 0.6) is 0 Å². The topological polar surface area (TPSA) is 64.9 Å². The second-order valence-corrected chi connectivity index (χ2v) is 6.43. The maximum Gasteiger partial charge on any atom is 0.228 e. The summed E-state index contributed by atoms with van der Waals surface area (Å²) in [5.41, 5.74) is 7.28. The summed E-state index contributed by atoms with van der Waals surface area (Å²) in [6, 6.07) is 9.93. The summed E-state index contributed by atoms with van der Waals surface area (Å²) >= 11 is 1.93. The minimum Gasteiger partial charge on any atom is -0.339 e. The van der Waals surface area contributed by atoms with Gasteiger partial charge in [-0.25, -0.2) is 0 Å². The second kappa shape index (κ2) is 6.41. The first kappa shape index (κ1) is 13.6. The van der Waals surface area contributed by atoms with E-state index < -0.39 is 0 Å². The van der Waals surface area contributed by atoms with Crippen molar-refractivity contribution >= 4 is 11.8 Å². The molecule has 3 rings (SSSR count). The van der Waals surface area contributed by atoms with Gasteiger partial charge in [0.15, 0.2) is 5.82 Å². The number of hydrogen-bond acceptors (Lipinski definition) is 5. The zero-order chi connectivity index (χ0) is 13.8. The third-order valence-corrected chi connectivity index (χ3v) is 4.95. The highest BCUT2D eigenvalue weighted by molar-refractivity contribution is 7.99. The van der Waals surface area contributed by atoms with Gasteiger partial charge in [0, 0.05) is 12.5 Å². The first-order valence-corrected chi connectivity index (χ1v) is 8.12. The van der Waals surface area contributed by atoms with Crippen molar-refractivity contribution in [2.75, 3.05) is 5.75 Å². The lowest BCUT2D eigenvalue weighted by Crippen LogP contribution is -2.13. The lowest BCUT2D eigenvalue weighted by molar-refractivity contribution is 0.364. The van der Waals surface area contributed by atoms with E-state index in [-0.39, 0.29) is 6.04 Å². The number of nitrogens with two attached hydrogens (primary N) is 1. The molecule has 0 radical (unpaired) electrons. The number of nitrogens with zero attached hydrogens (tertiary/aromatic N) is 2. The molecule has 5 heteroatoms. The standard InChI is InChI=1S/C15H19N3OS/c16-12(11-6-2-1-3-7-11)10-14-17-15(18-19-14)13-8-4-5-9-20-13/h1-3,6-7,12-13H,4-5,8-10,16H2. The lowest BCUT2D eigenvalue weighted by Gasteiger charge is -2.17. The number of benzene rings is 1. The lowest BCUT2D eigenvalue weighted by atomic mass is 10.1. The zero-order valence-electron chi connectivity index (χ0n) is 11.4. The first-order valence-electron chi connectivity index (χ1n) is 7.07. The Kier molecular flexibility index (Phi) is 4.38. The van der Waals surface area contributed by atoms with E-state index in [1.165, 1.54) is 18.6 Å². The Bertz CT molecular complexity index is 537. The predicted octanol–water partition coefficient (Wildman–Crippen LogP) is 3.27. The van der Waals surface area contributed by atoms with Crippen LogP contribution in [0.2, 0.25) is 0 Å². The van der Waals surface area contributed by atoms with Gasteiger partial charge in [-0.2, -0.15) is 16.7 Å². The SMILES string of the molecule is NC(Cc1nc(C2CCCCS2)no1)c1ccccc1. The molecule has 0 spiro atoms. The van der Waals surface area contributed by atoms with E-state index in [0.29, 0.717) is 17.6 Å². The van der Waals surface area contributed by atoms with Crippen LogP contribution in [0.4, 0.5) is 0 Å². The summed E-state index contributed by atoms with van der Waals surface area (Å²) in [5, 5.41) is 4.52. The maximum absolute atomic E-state index is 6.18. The first-order chi connectivity index (χ1) is 9.83. The van der Waals surface area contributed by atoms with Gasteiger partial charge in [-0.15, -0.1) is 0 Å². The average Bonchev–Trinajstić information content (AvgIpc) is 2.97. The fraction of sp³-hybridized carbons (Fsp3) is 0.467. The summed E-state index contributed by atoms with van der Waals surface area (Å²) in [6.45, 7) is 0. The van der Waals surface area contributed by atoms with Gasteiger partial charge in [-0.05, 0) is 24.2 Å². The Morgan fingerprint density at radius 2 is 2.15 bits per heavy atom. The van der Waals surface area contributed by atoms with Gasteiger partial charge in [0.2, 0.25) is 5.89 Å². The van der Waals surface area contributed by atoms with Crippen LogP contribution in [-0.2, 0) is 6.42 Å². The number of thioether (sulfide) groups is 1. The van der Waals surface area contributed by atoms with Gasteiger partial charge in [0.1, 0.15) is 0 Å². The summed E-state index contributed by atoms with van der Waals surface area (Å²) in [7, 11) is 0. The molecule has 0 saturated carbocycles. The normalized spacial score (nSPS) is 20.8. The molecule has 2 aromatic rings. The molecule has 2 heterocycles. The van der Waals surface area contributed by atoms with Crippen molar-refractivity contribution in [2.45, 2.75) is 37.0 Å². The number of hydrogen-bond donors (Lipinski definition) is 1. The average molecular weight is 289 g/mol. The van der Waals surface area contributed by atoms with Crippen molar-refractivity contribution in [1.82, 2.24) is 10.1 Å².